The molecule has 2 rings (SSSR count). The van der Waals surface area contributed by atoms with Gasteiger partial charge in [0.05, 0.1) is 13.2 Å². The van der Waals surface area contributed by atoms with E-state index in [1.54, 1.807) is 0 Å². The van der Waals surface area contributed by atoms with Crippen LogP contribution in [0.25, 0.3) is 0 Å². The molecule has 0 radical (unpaired) electrons. The van der Waals surface area contributed by atoms with Crippen LogP contribution in [0.2, 0.25) is 0 Å². The predicted octanol–water partition coefficient (Wildman–Crippen LogP) is -6.22. The number of hydrogen-bond acceptors (Lipinski definition) is 13. The molecule has 2 aliphatic heterocycles. The molecule has 28 heavy (non-hydrogen) atoms. The van der Waals surface area contributed by atoms with Crippen molar-refractivity contribution in [2.45, 2.75) is 61.4 Å². The summed E-state index contributed by atoms with van der Waals surface area (Å²) in [5.41, 5.74) is 0. The zero-order chi connectivity index (χ0) is 20.5. The first kappa shape index (κ1) is 26.5. The van der Waals surface area contributed by atoms with E-state index >= 15 is 0 Å². The van der Waals surface area contributed by atoms with Gasteiger partial charge in [-0.15, -0.1) is 0 Å². The van der Waals surface area contributed by atoms with Crippen molar-refractivity contribution in [2.75, 3.05) is 13.2 Å². The molecule has 16 heteroatoms. The molecule has 14 nitrogen and oxygen atoms in total. The maximum absolute atomic E-state index is 10.9. The third-order valence-electron chi connectivity index (χ3n) is 4.17. The summed E-state index contributed by atoms with van der Waals surface area (Å²) in [7, 11) is -5.12. The summed E-state index contributed by atoms with van der Waals surface area (Å²) in [5.74, 6) is 0. The Balaban J connectivity index is 0.00000392. The molecular formula is C12H23NaO14S. The minimum absolute atomic E-state index is 0. The maximum atomic E-state index is 10.9. The van der Waals surface area contributed by atoms with E-state index in [4.69, 9.17) is 23.9 Å². The van der Waals surface area contributed by atoms with Gasteiger partial charge in [0.2, 0.25) is 0 Å². The normalized spacial score (nSPS) is 44.7. The van der Waals surface area contributed by atoms with E-state index in [1.807, 2.05) is 0 Å². The Morgan fingerprint density at radius 3 is 1.68 bits per heavy atom. The van der Waals surface area contributed by atoms with Gasteiger partial charge in [-0.1, -0.05) is 0 Å². The van der Waals surface area contributed by atoms with Crippen molar-refractivity contribution in [1.29, 1.82) is 0 Å². The fourth-order valence-electron chi connectivity index (χ4n) is 2.73. The number of aliphatic hydroxyl groups is 7. The van der Waals surface area contributed by atoms with Crippen LogP contribution in [-0.4, -0.2) is 153 Å². The molecule has 0 bridgehead atoms. The van der Waals surface area contributed by atoms with E-state index in [2.05, 4.69) is 4.18 Å². The second-order valence-electron chi connectivity index (χ2n) is 6.03. The summed E-state index contributed by atoms with van der Waals surface area (Å²) >= 11 is 0. The molecule has 0 aliphatic carbocycles. The third-order valence-corrected chi connectivity index (χ3v) is 4.64. The predicted molar refractivity (Wildman–Crippen MR) is 86.2 cm³/mol. The van der Waals surface area contributed by atoms with Crippen LogP contribution in [0.4, 0.5) is 0 Å². The average Bonchev–Trinajstić information content (AvgIpc) is 2.60. The summed E-state index contributed by atoms with van der Waals surface area (Å²) in [6, 6.07) is 0. The molecule has 0 amide bonds. The summed E-state index contributed by atoms with van der Waals surface area (Å²) < 4.78 is 50.0. The van der Waals surface area contributed by atoms with E-state index in [0.29, 0.717) is 0 Å². The van der Waals surface area contributed by atoms with Crippen LogP contribution in [-0.2, 0) is 28.8 Å². The molecule has 0 unspecified atom stereocenters. The number of hydrogen-bond donors (Lipinski definition) is 8. The second kappa shape index (κ2) is 10.7. The first-order chi connectivity index (χ1) is 12.5. The zero-order valence-corrected chi connectivity index (χ0v) is 14.4. The van der Waals surface area contributed by atoms with E-state index in [9.17, 15) is 39.1 Å². The van der Waals surface area contributed by atoms with Gasteiger partial charge in [0, 0.05) is 0 Å². The van der Waals surface area contributed by atoms with E-state index in [1.165, 1.54) is 0 Å². The standard InChI is InChI=1S/C12H22O14S.Na.H/c13-1-3-5(15)7(17)8(18)11(23-3)25-12-9(19)10(26-27(20,21)22)6(16)4(2-14)24-12;;/h3-19H,1-2H2,(H,20,21,22);;/t3-,4-,5-,6-,7+,8-,9-,10+,11-,12-;;/m1../s1. The summed E-state index contributed by atoms with van der Waals surface area (Å²) in [5, 5.41) is 67.7. The molecule has 0 aromatic carbocycles. The quantitative estimate of drug-likeness (QED) is 0.140. The Morgan fingerprint density at radius 2 is 1.21 bits per heavy atom. The van der Waals surface area contributed by atoms with E-state index in [0.717, 1.165) is 0 Å². The van der Waals surface area contributed by atoms with Gasteiger partial charge in [-0.05, 0) is 0 Å². The fraction of sp³-hybridized carbons (Fsp3) is 1.00. The van der Waals surface area contributed by atoms with Crippen LogP contribution < -0.4 is 0 Å². The Morgan fingerprint density at radius 1 is 0.750 bits per heavy atom. The van der Waals surface area contributed by atoms with Crippen LogP contribution in [0.15, 0.2) is 0 Å². The SMILES string of the molecule is O=S(=O)(O)O[C@@H]1[C@@H](O)[C@@H](O[C@H]2O[C@H](CO)[C@@H](O)[C@H](O)[C@H]2O)O[C@H](CO)[C@H]1O.[NaH]. The molecule has 2 fully saturated rings. The van der Waals surface area contributed by atoms with Crippen molar-refractivity contribution >= 4 is 40.0 Å². The number of rotatable bonds is 6. The number of ether oxygens (including phenoxy) is 3. The van der Waals surface area contributed by atoms with Crippen LogP contribution >= 0.6 is 0 Å². The Kier molecular flexibility index (Phi) is 10.1. The molecule has 2 aliphatic rings. The first-order valence-corrected chi connectivity index (χ1v) is 9.10. The van der Waals surface area contributed by atoms with Gasteiger partial charge in [-0.25, -0.2) is 4.18 Å². The molecular weight excluding hydrogens is 423 g/mol. The van der Waals surface area contributed by atoms with E-state index < -0.39 is 85.0 Å². The Labute approximate surface area is 181 Å². The van der Waals surface area contributed by atoms with Gasteiger partial charge in [0.25, 0.3) is 0 Å². The summed E-state index contributed by atoms with van der Waals surface area (Å²) in [6.45, 7) is -1.63. The molecule has 0 saturated carbocycles. The Hall–Kier alpha value is 0.470. The van der Waals surface area contributed by atoms with Crippen LogP contribution in [0.5, 0.6) is 0 Å². The zero-order valence-electron chi connectivity index (χ0n) is 13.6. The number of aliphatic hydroxyl groups excluding tert-OH is 7. The van der Waals surface area contributed by atoms with Crippen molar-refractivity contribution in [3.8, 4) is 0 Å². The molecule has 162 valence electrons. The topological polar surface area (TPSA) is 233 Å². The van der Waals surface area contributed by atoms with Crippen LogP contribution in [0.3, 0.4) is 0 Å². The summed E-state index contributed by atoms with van der Waals surface area (Å²) in [6.07, 6.45) is -17.8. The van der Waals surface area contributed by atoms with Crippen molar-refractivity contribution in [1.82, 2.24) is 0 Å². The molecule has 0 aromatic heterocycles. The molecule has 2 heterocycles. The molecule has 0 spiro atoms. The molecule has 8 N–H and O–H groups in total. The van der Waals surface area contributed by atoms with Crippen LogP contribution in [0, 0.1) is 0 Å². The second-order valence-corrected chi connectivity index (χ2v) is 7.08. The summed E-state index contributed by atoms with van der Waals surface area (Å²) in [4.78, 5) is 0. The van der Waals surface area contributed by atoms with E-state index in [-0.39, 0.29) is 29.6 Å². The van der Waals surface area contributed by atoms with Gasteiger partial charge in [-0.2, -0.15) is 8.42 Å². The van der Waals surface area contributed by atoms with Crippen molar-refractivity contribution in [3.63, 3.8) is 0 Å². The Bertz CT molecular complexity index is 589. The van der Waals surface area contributed by atoms with Gasteiger partial charge >= 0.3 is 40.0 Å². The van der Waals surface area contributed by atoms with Crippen molar-refractivity contribution in [2.24, 2.45) is 0 Å². The van der Waals surface area contributed by atoms with Gasteiger partial charge in [0.1, 0.15) is 48.8 Å². The fourth-order valence-corrected chi connectivity index (χ4v) is 3.24. The molecule has 10 atom stereocenters. The third kappa shape index (κ3) is 6.01. The van der Waals surface area contributed by atoms with Gasteiger partial charge in [0.15, 0.2) is 12.6 Å². The van der Waals surface area contributed by atoms with Crippen LogP contribution in [0.1, 0.15) is 0 Å². The van der Waals surface area contributed by atoms with Crippen molar-refractivity contribution in [3.05, 3.63) is 0 Å². The average molecular weight is 446 g/mol. The molecule has 2 saturated heterocycles. The van der Waals surface area contributed by atoms with Gasteiger partial charge < -0.3 is 50.0 Å². The van der Waals surface area contributed by atoms with Crippen molar-refractivity contribution < 1.29 is 67.1 Å². The molecule has 0 aromatic rings. The van der Waals surface area contributed by atoms with Gasteiger partial charge in [-0.3, -0.25) is 4.55 Å². The first-order valence-electron chi connectivity index (χ1n) is 7.74. The minimum atomic E-state index is -5.12. The monoisotopic (exact) mass is 446 g/mol.